The smallest absolute Gasteiger partial charge is 0.416 e. The van der Waals surface area contributed by atoms with Crippen LogP contribution in [-0.4, -0.2) is 50.1 Å². The number of hydrogen-bond donors (Lipinski definition) is 0. The third-order valence-electron chi connectivity index (χ3n) is 8.25. The van der Waals surface area contributed by atoms with Crippen molar-refractivity contribution >= 4 is 21.5 Å². The lowest BCUT2D eigenvalue weighted by Crippen LogP contribution is -2.33. The molecule has 2 aromatic carbocycles. The summed E-state index contributed by atoms with van der Waals surface area (Å²) < 4.78 is 141. The molecule has 16 heteroatoms. The first kappa shape index (κ1) is 37.1. The molecule has 0 N–H and O–H groups in total. The van der Waals surface area contributed by atoms with Crippen molar-refractivity contribution < 1.29 is 48.3 Å². The van der Waals surface area contributed by atoms with Crippen LogP contribution in [0.1, 0.15) is 67.8 Å². The maximum Gasteiger partial charge on any atom is 0.416 e. The average molecular weight is 709 g/mol. The van der Waals surface area contributed by atoms with Gasteiger partial charge in [0, 0.05) is 37.5 Å². The third kappa shape index (κ3) is 9.69. The number of aromatic nitrogens is 2. The third-order valence-corrected chi connectivity index (χ3v) is 9.16. The molecule has 3 aromatic rings. The molecule has 0 spiro atoms. The molecule has 1 heterocycles. The molecule has 1 aliphatic carbocycles. The number of benzene rings is 2. The minimum Gasteiger partial charge on any atom is -0.489 e. The molecular formula is C32H36F8N4O3S. The number of halogens is 8. The number of anilines is 2. The van der Waals surface area contributed by atoms with Crippen molar-refractivity contribution in [1.29, 1.82) is 0 Å². The van der Waals surface area contributed by atoms with E-state index in [9.17, 15) is 39.2 Å². The highest BCUT2D eigenvalue weighted by Crippen LogP contribution is 2.40. The molecule has 1 aromatic heterocycles. The SMILES string of the molecule is CCN(CC1CCCC1)c1c(F)cc(F)cc1CN(c1ncc(OCCS(C)(=O)=O)cn1)C(C)c1cc(C(F)(F)F)cc(C(F)(F)F)c1. The number of rotatable bonds is 13. The minimum atomic E-state index is -5.11. The van der Waals surface area contributed by atoms with Crippen LogP contribution in [0.4, 0.5) is 46.8 Å². The van der Waals surface area contributed by atoms with Gasteiger partial charge < -0.3 is 14.5 Å². The van der Waals surface area contributed by atoms with Crippen molar-refractivity contribution in [2.75, 3.05) is 41.5 Å². The zero-order valence-electron chi connectivity index (χ0n) is 26.5. The van der Waals surface area contributed by atoms with Gasteiger partial charge in [0.1, 0.15) is 18.2 Å². The summed E-state index contributed by atoms with van der Waals surface area (Å²) in [6.45, 7) is 3.32. The largest absolute Gasteiger partial charge is 0.489 e. The van der Waals surface area contributed by atoms with Crippen molar-refractivity contribution in [2.24, 2.45) is 5.92 Å². The summed E-state index contributed by atoms with van der Waals surface area (Å²) in [5.74, 6) is -1.99. The summed E-state index contributed by atoms with van der Waals surface area (Å²) in [6, 6.07) is 1.70. The summed E-state index contributed by atoms with van der Waals surface area (Å²) in [5, 5.41) is 0. The maximum atomic E-state index is 15.6. The molecule has 7 nitrogen and oxygen atoms in total. The molecule has 0 radical (unpaired) electrons. The molecule has 0 saturated heterocycles. The lowest BCUT2D eigenvalue weighted by molar-refractivity contribution is -0.143. The fourth-order valence-corrected chi connectivity index (χ4v) is 6.17. The predicted molar refractivity (Wildman–Crippen MR) is 164 cm³/mol. The highest BCUT2D eigenvalue weighted by Gasteiger charge is 2.38. The van der Waals surface area contributed by atoms with Gasteiger partial charge in [-0.3, -0.25) is 0 Å². The van der Waals surface area contributed by atoms with Gasteiger partial charge in [0.05, 0.1) is 41.0 Å². The number of ether oxygens (including phenoxy) is 1. The van der Waals surface area contributed by atoms with Crippen LogP contribution in [0.3, 0.4) is 0 Å². The van der Waals surface area contributed by atoms with E-state index >= 15 is 4.39 Å². The Bertz CT molecular complexity index is 1630. The predicted octanol–water partition coefficient (Wildman–Crippen LogP) is 8.00. The monoisotopic (exact) mass is 708 g/mol. The Morgan fingerprint density at radius 3 is 2.04 bits per heavy atom. The van der Waals surface area contributed by atoms with Gasteiger partial charge in [0.25, 0.3) is 0 Å². The van der Waals surface area contributed by atoms with Gasteiger partial charge in [0.15, 0.2) is 15.6 Å². The normalized spacial score (nSPS) is 15.1. The van der Waals surface area contributed by atoms with E-state index in [1.807, 2.05) is 0 Å². The Hall–Kier alpha value is -3.69. The van der Waals surface area contributed by atoms with Crippen molar-refractivity contribution in [3.63, 3.8) is 0 Å². The van der Waals surface area contributed by atoms with Gasteiger partial charge in [-0.05, 0) is 62.4 Å². The zero-order chi connectivity index (χ0) is 35.4. The van der Waals surface area contributed by atoms with Crippen LogP contribution in [0.25, 0.3) is 0 Å². The molecule has 1 saturated carbocycles. The van der Waals surface area contributed by atoms with Gasteiger partial charge >= 0.3 is 12.4 Å². The Kier molecular flexibility index (Phi) is 11.5. The van der Waals surface area contributed by atoms with Crippen LogP contribution in [0.5, 0.6) is 5.75 Å². The first-order valence-electron chi connectivity index (χ1n) is 15.3. The summed E-state index contributed by atoms with van der Waals surface area (Å²) in [5.41, 5.74) is -3.31. The van der Waals surface area contributed by atoms with E-state index < -0.39 is 63.1 Å². The van der Waals surface area contributed by atoms with E-state index in [1.165, 1.54) is 11.8 Å². The highest BCUT2D eigenvalue weighted by molar-refractivity contribution is 7.90. The van der Waals surface area contributed by atoms with Gasteiger partial charge in [-0.25, -0.2) is 27.2 Å². The molecule has 264 valence electrons. The fourth-order valence-electron chi connectivity index (χ4n) is 5.78. The van der Waals surface area contributed by atoms with Crippen LogP contribution >= 0.6 is 0 Å². The van der Waals surface area contributed by atoms with Crippen LogP contribution in [0.2, 0.25) is 0 Å². The molecule has 0 aliphatic heterocycles. The van der Waals surface area contributed by atoms with Crippen molar-refractivity contribution in [1.82, 2.24) is 9.97 Å². The van der Waals surface area contributed by atoms with Crippen LogP contribution in [0.15, 0.2) is 42.7 Å². The van der Waals surface area contributed by atoms with Crippen molar-refractivity contribution in [3.05, 3.63) is 76.6 Å². The Morgan fingerprint density at radius 2 is 1.52 bits per heavy atom. The molecule has 1 atom stereocenters. The summed E-state index contributed by atoms with van der Waals surface area (Å²) >= 11 is 0. The second-order valence-electron chi connectivity index (χ2n) is 11.9. The molecule has 1 aliphatic rings. The summed E-state index contributed by atoms with van der Waals surface area (Å²) in [6.07, 6.45) is -2.98. The van der Waals surface area contributed by atoms with E-state index in [-0.39, 0.29) is 47.3 Å². The van der Waals surface area contributed by atoms with Gasteiger partial charge in [-0.1, -0.05) is 12.8 Å². The van der Waals surface area contributed by atoms with E-state index in [0.717, 1.165) is 56.5 Å². The topological polar surface area (TPSA) is 75.6 Å². The van der Waals surface area contributed by atoms with Crippen LogP contribution < -0.4 is 14.5 Å². The number of nitrogens with zero attached hydrogens (tertiary/aromatic N) is 4. The molecule has 1 unspecified atom stereocenters. The van der Waals surface area contributed by atoms with Crippen LogP contribution in [0, 0.1) is 17.6 Å². The fraction of sp³-hybridized carbons (Fsp3) is 0.500. The minimum absolute atomic E-state index is 0.0158. The quantitative estimate of drug-likeness (QED) is 0.167. The number of alkyl halides is 6. The molecule has 0 bridgehead atoms. The number of hydrogen-bond acceptors (Lipinski definition) is 7. The van der Waals surface area contributed by atoms with Gasteiger partial charge in [-0.2, -0.15) is 26.3 Å². The molecule has 48 heavy (non-hydrogen) atoms. The Morgan fingerprint density at radius 1 is 0.938 bits per heavy atom. The van der Waals surface area contributed by atoms with E-state index in [4.69, 9.17) is 4.74 Å². The van der Waals surface area contributed by atoms with Crippen molar-refractivity contribution in [2.45, 2.75) is 64.5 Å². The second kappa shape index (κ2) is 14.8. The van der Waals surface area contributed by atoms with Gasteiger partial charge in [-0.15, -0.1) is 0 Å². The first-order chi connectivity index (χ1) is 22.4. The Labute approximate surface area is 273 Å². The van der Waals surface area contributed by atoms with Crippen LogP contribution in [-0.2, 0) is 28.7 Å². The van der Waals surface area contributed by atoms with Crippen molar-refractivity contribution in [3.8, 4) is 5.75 Å². The zero-order valence-corrected chi connectivity index (χ0v) is 27.3. The first-order valence-corrected chi connectivity index (χ1v) is 17.3. The molecular weight excluding hydrogens is 672 g/mol. The van der Waals surface area contributed by atoms with E-state index in [0.29, 0.717) is 25.2 Å². The lowest BCUT2D eigenvalue weighted by atomic mass is 9.98. The van der Waals surface area contributed by atoms with E-state index in [1.54, 1.807) is 11.8 Å². The molecule has 4 rings (SSSR count). The van der Waals surface area contributed by atoms with E-state index in [2.05, 4.69) is 9.97 Å². The molecule has 1 fully saturated rings. The standard InChI is InChI=1S/C32H36F8N4O3S/c1-4-43(18-21-7-5-6-8-21)29-23(13-26(33)15-28(29)34)19-44(30-41-16-27(17-42-30)47-9-10-48(3,45)46)20(2)22-11-24(31(35,36)37)14-25(12-22)32(38,39)40/h11-17,20-21H,4-10,18-19H2,1-3H3. The lowest BCUT2D eigenvalue weighted by Gasteiger charge is -2.34. The second-order valence-corrected chi connectivity index (χ2v) is 14.2. The Balaban J connectivity index is 1.81. The average Bonchev–Trinajstić information content (AvgIpc) is 3.50. The maximum absolute atomic E-state index is 15.6. The molecule has 0 amide bonds. The highest BCUT2D eigenvalue weighted by atomic mass is 32.2. The van der Waals surface area contributed by atoms with Gasteiger partial charge in [0.2, 0.25) is 5.95 Å². The summed E-state index contributed by atoms with van der Waals surface area (Å²) in [7, 11) is -3.35. The summed E-state index contributed by atoms with van der Waals surface area (Å²) in [4.78, 5) is 11.4. The number of sulfone groups is 1.